The Morgan fingerprint density at radius 2 is 1.77 bits per heavy atom. The summed E-state index contributed by atoms with van der Waals surface area (Å²) in [7, 11) is 1.84. The lowest BCUT2D eigenvalue weighted by molar-refractivity contribution is -0.138. The predicted molar refractivity (Wildman–Crippen MR) is 138 cm³/mol. The lowest BCUT2D eigenvalue weighted by atomic mass is 10.0. The highest BCUT2D eigenvalue weighted by molar-refractivity contribution is 5.96. The van der Waals surface area contributed by atoms with E-state index in [1.165, 1.54) is 0 Å². The van der Waals surface area contributed by atoms with E-state index in [1.54, 1.807) is 24.5 Å². The van der Waals surface area contributed by atoms with Crippen molar-refractivity contribution in [3.63, 3.8) is 0 Å². The van der Waals surface area contributed by atoms with Crippen molar-refractivity contribution in [2.45, 2.75) is 50.5 Å². The third kappa shape index (κ3) is 5.68. The van der Waals surface area contributed by atoms with E-state index >= 15 is 0 Å². The molecule has 0 spiro atoms. The van der Waals surface area contributed by atoms with Gasteiger partial charge in [0.2, 0.25) is 17.8 Å². The van der Waals surface area contributed by atoms with Crippen molar-refractivity contribution in [1.29, 1.82) is 0 Å². The summed E-state index contributed by atoms with van der Waals surface area (Å²) < 4.78 is 40.4. The van der Waals surface area contributed by atoms with Crippen molar-refractivity contribution < 1.29 is 22.8 Å². The summed E-state index contributed by atoms with van der Waals surface area (Å²) in [6, 6.07) is 5.01. The molecule has 2 fully saturated rings. The third-order valence-corrected chi connectivity index (χ3v) is 7.79. The number of hydrogen-bond donors (Lipinski definition) is 1. The SMILES string of the molecule is CN(C(=O)C1CCCN1CCn1cnc2ccc(C(N)=O)cc21)C1CCN(c2ncc(C(F)(F)F)cn2)CC1. The van der Waals surface area contributed by atoms with Gasteiger partial charge in [-0.1, -0.05) is 0 Å². The van der Waals surface area contributed by atoms with Crippen LogP contribution in [0.4, 0.5) is 19.1 Å². The van der Waals surface area contributed by atoms with E-state index in [-0.39, 0.29) is 23.9 Å². The van der Waals surface area contributed by atoms with Gasteiger partial charge in [-0.2, -0.15) is 13.2 Å². The van der Waals surface area contributed by atoms with Crippen LogP contribution in [0, 0.1) is 0 Å². The van der Waals surface area contributed by atoms with E-state index in [0.29, 0.717) is 44.6 Å². The summed E-state index contributed by atoms with van der Waals surface area (Å²) in [5, 5.41) is 0. The fourth-order valence-electron chi connectivity index (χ4n) is 5.50. The van der Waals surface area contributed by atoms with Crippen LogP contribution in [0.2, 0.25) is 0 Å². The highest BCUT2D eigenvalue weighted by Crippen LogP contribution is 2.29. The minimum atomic E-state index is -4.47. The monoisotopic (exact) mass is 544 g/mol. The zero-order valence-electron chi connectivity index (χ0n) is 21.6. The number of nitrogens with zero attached hydrogens (tertiary/aromatic N) is 7. The summed E-state index contributed by atoms with van der Waals surface area (Å²) >= 11 is 0. The maximum absolute atomic E-state index is 13.5. The Bertz CT molecular complexity index is 1340. The van der Waals surface area contributed by atoms with Gasteiger partial charge in [-0.25, -0.2) is 15.0 Å². The quantitative estimate of drug-likeness (QED) is 0.486. The van der Waals surface area contributed by atoms with Crippen LogP contribution in [0.5, 0.6) is 0 Å². The normalized spacial score (nSPS) is 19.1. The highest BCUT2D eigenvalue weighted by Gasteiger charge is 2.36. The number of imidazole rings is 1. The van der Waals surface area contributed by atoms with Crippen LogP contribution in [0.3, 0.4) is 0 Å². The Morgan fingerprint density at radius 1 is 1.05 bits per heavy atom. The van der Waals surface area contributed by atoms with Crippen molar-refractivity contribution in [2.75, 3.05) is 38.1 Å². The molecule has 1 aromatic carbocycles. The number of carbonyl (C=O) groups is 2. The maximum Gasteiger partial charge on any atom is 0.419 e. The molecule has 3 aromatic rings. The molecular formula is C26H31F3N8O2. The van der Waals surface area contributed by atoms with Gasteiger partial charge in [0, 0.05) is 57.2 Å². The van der Waals surface area contributed by atoms with Crippen LogP contribution in [0.1, 0.15) is 41.6 Å². The van der Waals surface area contributed by atoms with Gasteiger partial charge in [-0.15, -0.1) is 0 Å². The van der Waals surface area contributed by atoms with Gasteiger partial charge in [0.25, 0.3) is 0 Å². The van der Waals surface area contributed by atoms with E-state index in [2.05, 4.69) is 19.9 Å². The molecule has 13 heteroatoms. The van der Waals surface area contributed by atoms with Gasteiger partial charge in [-0.3, -0.25) is 14.5 Å². The number of aromatic nitrogens is 4. The molecule has 2 amide bonds. The number of rotatable bonds is 7. The summed E-state index contributed by atoms with van der Waals surface area (Å²) in [5.74, 6) is -0.133. The van der Waals surface area contributed by atoms with Crippen LogP contribution in [-0.4, -0.2) is 86.4 Å². The molecule has 0 saturated carbocycles. The molecule has 2 aliphatic heterocycles. The largest absolute Gasteiger partial charge is 0.419 e. The molecule has 39 heavy (non-hydrogen) atoms. The lowest BCUT2D eigenvalue weighted by Crippen LogP contribution is -2.51. The molecule has 208 valence electrons. The van der Waals surface area contributed by atoms with Crippen molar-refractivity contribution in [3.05, 3.63) is 48.0 Å². The van der Waals surface area contributed by atoms with Gasteiger partial charge >= 0.3 is 6.18 Å². The molecule has 0 bridgehead atoms. The predicted octanol–water partition coefficient (Wildman–Crippen LogP) is 2.54. The van der Waals surface area contributed by atoms with E-state index in [4.69, 9.17) is 5.73 Å². The molecule has 5 rings (SSSR count). The standard InChI is InChI=1S/C26H31F3N8O2/c1-34(19-6-9-36(10-7-19)25-31-14-18(15-32-25)26(27,28)29)24(39)21-3-2-8-35(21)11-12-37-16-33-20-5-4-17(23(30)38)13-22(20)37/h4-5,13-16,19,21H,2-3,6-12H2,1H3,(H2,30,38). The second-order valence-electron chi connectivity index (χ2n) is 10.1. The van der Waals surface area contributed by atoms with Crippen LogP contribution >= 0.6 is 0 Å². The number of benzene rings is 1. The molecule has 2 saturated heterocycles. The van der Waals surface area contributed by atoms with Crippen molar-refractivity contribution in [1.82, 2.24) is 29.3 Å². The maximum atomic E-state index is 13.5. The van der Waals surface area contributed by atoms with Crippen molar-refractivity contribution in [3.8, 4) is 0 Å². The number of alkyl halides is 3. The first-order valence-corrected chi connectivity index (χ1v) is 13.0. The van der Waals surface area contributed by atoms with Crippen molar-refractivity contribution in [2.24, 2.45) is 5.73 Å². The number of carbonyl (C=O) groups excluding carboxylic acids is 2. The molecular weight excluding hydrogens is 513 g/mol. The molecule has 2 N–H and O–H groups in total. The molecule has 1 atom stereocenters. The van der Waals surface area contributed by atoms with E-state index < -0.39 is 17.6 Å². The number of primary amides is 1. The number of piperidine rings is 1. The minimum Gasteiger partial charge on any atom is -0.366 e. The number of nitrogens with two attached hydrogens (primary N) is 1. The van der Waals surface area contributed by atoms with Crippen LogP contribution in [0.25, 0.3) is 11.0 Å². The molecule has 2 aromatic heterocycles. The topological polar surface area (TPSA) is 113 Å². The Morgan fingerprint density at radius 3 is 2.44 bits per heavy atom. The second kappa shape index (κ2) is 10.8. The molecule has 0 radical (unpaired) electrons. The minimum absolute atomic E-state index is 0.0375. The average molecular weight is 545 g/mol. The zero-order valence-corrected chi connectivity index (χ0v) is 21.6. The summed E-state index contributed by atoms with van der Waals surface area (Å²) in [6.45, 7) is 3.23. The Kier molecular flexibility index (Phi) is 7.43. The van der Waals surface area contributed by atoms with Gasteiger partial charge in [-0.05, 0) is 50.4 Å². The number of anilines is 1. The fraction of sp³-hybridized carbons (Fsp3) is 0.500. The number of likely N-dealkylation sites (tertiary alicyclic amines) is 1. The number of halogens is 3. The fourth-order valence-corrected chi connectivity index (χ4v) is 5.50. The Labute approximate surface area is 223 Å². The van der Waals surface area contributed by atoms with Crippen LogP contribution < -0.4 is 10.6 Å². The molecule has 0 aliphatic carbocycles. The van der Waals surface area contributed by atoms with Gasteiger partial charge in [0.15, 0.2) is 0 Å². The van der Waals surface area contributed by atoms with E-state index in [0.717, 1.165) is 42.8 Å². The number of likely N-dealkylation sites (N-methyl/N-ethyl adjacent to an activating group) is 1. The third-order valence-electron chi connectivity index (χ3n) is 7.79. The van der Waals surface area contributed by atoms with Gasteiger partial charge in [0.05, 0.1) is 29.0 Å². The van der Waals surface area contributed by atoms with Gasteiger partial charge in [0.1, 0.15) is 0 Å². The molecule has 4 heterocycles. The summed E-state index contributed by atoms with van der Waals surface area (Å²) in [5.41, 5.74) is 6.59. The Hall–Kier alpha value is -3.74. The summed E-state index contributed by atoms with van der Waals surface area (Å²) in [4.78, 5) is 43.2. The Balaban J connectivity index is 1.16. The van der Waals surface area contributed by atoms with E-state index in [1.807, 2.05) is 21.4 Å². The first kappa shape index (κ1) is 26.9. The molecule has 2 aliphatic rings. The first-order valence-electron chi connectivity index (χ1n) is 13.0. The van der Waals surface area contributed by atoms with Crippen LogP contribution in [0.15, 0.2) is 36.9 Å². The highest BCUT2D eigenvalue weighted by atomic mass is 19.4. The van der Waals surface area contributed by atoms with E-state index in [9.17, 15) is 22.8 Å². The lowest BCUT2D eigenvalue weighted by Gasteiger charge is -2.38. The van der Waals surface area contributed by atoms with Crippen LogP contribution in [-0.2, 0) is 17.5 Å². The first-order chi connectivity index (χ1) is 18.6. The zero-order chi connectivity index (χ0) is 27.7. The number of fused-ring (bicyclic) bond motifs is 1. The molecule has 1 unspecified atom stereocenters. The van der Waals surface area contributed by atoms with Crippen molar-refractivity contribution >= 4 is 28.8 Å². The average Bonchev–Trinajstić information content (AvgIpc) is 3.57. The second-order valence-corrected chi connectivity index (χ2v) is 10.1. The van der Waals surface area contributed by atoms with Gasteiger partial charge < -0.3 is 20.1 Å². The number of amides is 2. The smallest absolute Gasteiger partial charge is 0.366 e. The summed E-state index contributed by atoms with van der Waals surface area (Å²) in [6.07, 6.45) is 1.98. The molecule has 10 nitrogen and oxygen atoms in total. The number of hydrogen-bond acceptors (Lipinski definition) is 7.